The number of fused-ring (bicyclic) bond motifs is 1. The van der Waals surface area contributed by atoms with Gasteiger partial charge in [-0.25, -0.2) is 15.0 Å². The van der Waals surface area contributed by atoms with Crippen molar-refractivity contribution in [3.63, 3.8) is 0 Å². The summed E-state index contributed by atoms with van der Waals surface area (Å²) >= 11 is 1.66. The SMILES string of the molecule is CCc1nc(Nc2ncnc3cc(OCCCN4CCOCC4)c(C)cc23)sc1C. The molecule has 0 aliphatic carbocycles. The Balaban J connectivity index is 1.44. The molecular formula is C22H29N5O2S. The van der Waals surface area contributed by atoms with Gasteiger partial charge in [-0.05, 0) is 38.3 Å². The molecule has 1 fully saturated rings. The highest BCUT2D eigenvalue weighted by molar-refractivity contribution is 7.15. The van der Waals surface area contributed by atoms with Crippen LogP contribution in [0.1, 0.15) is 29.5 Å². The minimum Gasteiger partial charge on any atom is -0.493 e. The maximum atomic E-state index is 6.08. The van der Waals surface area contributed by atoms with E-state index in [2.05, 4.69) is 52.0 Å². The van der Waals surface area contributed by atoms with Crippen molar-refractivity contribution >= 4 is 33.2 Å². The van der Waals surface area contributed by atoms with Crippen LogP contribution < -0.4 is 10.1 Å². The van der Waals surface area contributed by atoms with E-state index in [-0.39, 0.29) is 0 Å². The summed E-state index contributed by atoms with van der Waals surface area (Å²) in [5, 5.41) is 5.22. The number of anilines is 2. The summed E-state index contributed by atoms with van der Waals surface area (Å²) in [4.78, 5) is 17.2. The zero-order chi connectivity index (χ0) is 20.9. The first-order valence-electron chi connectivity index (χ1n) is 10.6. The van der Waals surface area contributed by atoms with Crippen molar-refractivity contribution in [2.24, 2.45) is 0 Å². The quantitative estimate of drug-likeness (QED) is 0.542. The standard InChI is InChI=1S/C22H29N5O2S/c1-4-18-16(3)30-22(25-18)26-21-17-12-15(2)20(13-19(17)23-14-24-21)29-9-5-6-27-7-10-28-11-8-27/h12-14H,4-11H2,1-3H3,(H,23,24,25,26). The fourth-order valence-electron chi connectivity index (χ4n) is 3.65. The lowest BCUT2D eigenvalue weighted by Gasteiger charge is -2.26. The van der Waals surface area contributed by atoms with Gasteiger partial charge < -0.3 is 14.8 Å². The summed E-state index contributed by atoms with van der Waals surface area (Å²) in [5.74, 6) is 1.66. The summed E-state index contributed by atoms with van der Waals surface area (Å²) in [5.41, 5.74) is 3.08. The van der Waals surface area contributed by atoms with Crippen LogP contribution in [0.4, 0.5) is 10.9 Å². The zero-order valence-electron chi connectivity index (χ0n) is 17.9. The third-order valence-corrected chi connectivity index (χ3v) is 6.29. The van der Waals surface area contributed by atoms with Gasteiger partial charge in [0.2, 0.25) is 0 Å². The average molecular weight is 428 g/mol. The van der Waals surface area contributed by atoms with Gasteiger partial charge >= 0.3 is 0 Å². The number of hydrogen-bond donors (Lipinski definition) is 1. The molecule has 3 aromatic rings. The molecule has 30 heavy (non-hydrogen) atoms. The average Bonchev–Trinajstić information content (AvgIpc) is 3.12. The third kappa shape index (κ3) is 4.88. The minimum absolute atomic E-state index is 0.693. The van der Waals surface area contributed by atoms with Crippen molar-refractivity contribution in [2.75, 3.05) is 44.8 Å². The number of nitrogens with one attached hydrogen (secondary N) is 1. The minimum atomic E-state index is 0.693. The van der Waals surface area contributed by atoms with E-state index >= 15 is 0 Å². The highest BCUT2D eigenvalue weighted by atomic mass is 32.1. The van der Waals surface area contributed by atoms with Gasteiger partial charge in [0.15, 0.2) is 5.13 Å². The zero-order valence-corrected chi connectivity index (χ0v) is 18.7. The molecule has 1 aromatic carbocycles. The van der Waals surface area contributed by atoms with Gasteiger partial charge in [-0.2, -0.15) is 0 Å². The molecule has 0 spiro atoms. The van der Waals surface area contributed by atoms with Gasteiger partial charge in [-0.15, -0.1) is 11.3 Å². The summed E-state index contributed by atoms with van der Waals surface area (Å²) < 4.78 is 11.5. The highest BCUT2D eigenvalue weighted by Crippen LogP contribution is 2.31. The maximum Gasteiger partial charge on any atom is 0.188 e. The predicted molar refractivity (Wildman–Crippen MR) is 121 cm³/mol. The molecule has 1 saturated heterocycles. The monoisotopic (exact) mass is 427 g/mol. The van der Waals surface area contributed by atoms with Crippen LogP contribution in [0.15, 0.2) is 18.5 Å². The Morgan fingerprint density at radius 1 is 1.20 bits per heavy atom. The van der Waals surface area contributed by atoms with Crippen LogP contribution in [-0.2, 0) is 11.2 Å². The molecule has 1 N–H and O–H groups in total. The Morgan fingerprint density at radius 3 is 2.80 bits per heavy atom. The molecule has 0 atom stereocenters. The Bertz CT molecular complexity index is 1000. The molecule has 2 aromatic heterocycles. The van der Waals surface area contributed by atoms with Crippen LogP contribution in [0.3, 0.4) is 0 Å². The number of nitrogens with zero attached hydrogens (tertiary/aromatic N) is 4. The number of morpholine rings is 1. The van der Waals surface area contributed by atoms with E-state index in [1.54, 1.807) is 17.7 Å². The number of rotatable bonds is 8. The first-order valence-corrected chi connectivity index (χ1v) is 11.4. The van der Waals surface area contributed by atoms with Crippen LogP contribution in [-0.4, -0.2) is 59.3 Å². The molecule has 4 rings (SSSR count). The fraction of sp³-hybridized carbons (Fsp3) is 0.500. The first-order chi connectivity index (χ1) is 14.6. The lowest BCUT2D eigenvalue weighted by Crippen LogP contribution is -2.37. The number of benzene rings is 1. The lowest BCUT2D eigenvalue weighted by atomic mass is 10.1. The van der Waals surface area contributed by atoms with Crippen molar-refractivity contribution < 1.29 is 9.47 Å². The van der Waals surface area contributed by atoms with E-state index in [4.69, 9.17) is 9.47 Å². The molecule has 0 saturated carbocycles. The third-order valence-electron chi connectivity index (χ3n) is 5.36. The summed E-state index contributed by atoms with van der Waals surface area (Å²) in [6, 6.07) is 4.10. The van der Waals surface area contributed by atoms with E-state index in [0.29, 0.717) is 6.61 Å². The molecule has 3 heterocycles. The van der Waals surface area contributed by atoms with E-state index in [9.17, 15) is 0 Å². The summed E-state index contributed by atoms with van der Waals surface area (Å²) in [6.45, 7) is 11.7. The Morgan fingerprint density at radius 2 is 2.03 bits per heavy atom. The maximum absolute atomic E-state index is 6.08. The van der Waals surface area contributed by atoms with E-state index < -0.39 is 0 Å². The summed E-state index contributed by atoms with van der Waals surface area (Å²) in [6.07, 6.45) is 3.51. The fourth-order valence-corrected chi connectivity index (χ4v) is 4.55. The Labute approximate surface area is 181 Å². The van der Waals surface area contributed by atoms with Crippen molar-refractivity contribution in [1.29, 1.82) is 0 Å². The molecule has 0 unspecified atom stereocenters. The van der Waals surface area contributed by atoms with Crippen LogP contribution in [0.25, 0.3) is 10.9 Å². The normalized spacial score (nSPS) is 14.9. The first kappa shape index (κ1) is 21.0. The van der Waals surface area contributed by atoms with Crippen molar-refractivity contribution in [3.05, 3.63) is 34.6 Å². The van der Waals surface area contributed by atoms with Crippen molar-refractivity contribution in [2.45, 2.75) is 33.6 Å². The number of aryl methyl sites for hydroxylation is 3. The Hall–Kier alpha value is -2.29. The second-order valence-corrected chi connectivity index (χ2v) is 8.72. The Kier molecular flexibility index (Phi) is 6.76. The van der Waals surface area contributed by atoms with Crippen molar-refractivity contribution in [1.82, 2.24) is 19.9 Å². The number of hydrogen-bond acceptors (Lipinski definition) is 8. The number of ether oxygens (including phenoxy) is 2. The predicted octanol–water partition coefficient (Wildman–Crippen LogP) is 4.11. The molecule has 1 aliphatic heterocycles. The van der Waals surface area contributed by atoms with E-state index in [1.807, 2.05) is 6.07 Å². The molecule has 0 bridgehead atoms. The topological polar surface area (TPSA) is 72.4 Å². The second kappa shape index (κ2) is 9.68. The van der Waals surface area contributed by atoms with Crippen LogP contribution in [0.2, 0.25) is 0 Å². The van der Waals surface area contributed by atoms with Gasteiger partial charge in [-0.1, -0.05) is 6.92 Å². The summed E-state index contributed by atoms with van der Waals surface area (Å²) in [7, 11) is 0. The van der Waals surface area contributed by atoms with Gasteiger partial charge in [-0.3, -0.25) is 4.90 Å². The molecule has 7 nitrogen and oxygen atoms in total. The van der Waals surface area contributed by atoms with Crippen LogP contribution >= 0.6 is 11.3 Å². The molecular weight excluding hydrogens is 398 g/mol. The van der Waals surface area contributed by atoms with Crippen LogP contribution in [0.5, 0.6) is 5.75 Å². The highest BCUT2D eigenvalue weighted by Gasteiger charge is 2.13. The number of thiazole rings is 1. The van der Waals surface area contributed by atoms with Crippen LogP contribution in [0, 0.1) is 13.8 Å². The molecule has 0 amide bonds. The lowest BCUT2D eigenvalue weighted by molar-refractivity contribution is 0.0358. The van der Waals surface area contributed by atoms with E-state index in [1.165, 1.54) is 4.88 Å². The smallest absolute Gasteiger partial charge is 0.188 e. The molecule has 8 heteroatoms. The van der Waals surface area contributed by atoms with Gasteiger partial charge in [0.1, 0.15) is 17.9 Å². The second-order valence-electron chi connectivity index (χ2n) is 7.51. The van der Waals surface area contributed by atoms with Gasteiger partial charge in [0.25, 0.3) is 0 Å². The molecule has 0 radical (unpaired) electrons. The van der Waals surface area contributed by atoms with E-state index in [0.717, 1.165) is 84.5 Å². The largest absolute Gasteiger partial charge is 0.493 e. The number of aromatic nitrogens is 3. The van der Waals surface area contributed by atoms with Gasteiger partial charge in [0, 0.05) is 36.0 Å². The molecule has 1 aliphatic rings. The molecule has 160 valence electrons. The van der Waals surface area contributed by atoms with Crippen molar-refractivity contribution in [3.8, 4) is 5.75 Å². The van der Waals surface area contributed by atoms with Gasteiger partial charge in [0.05, 0.1) is 31.0 Å².